The summed E-state index contributed by atoms with van der Waals surface area (Å²) in [5, 5.41) is 0. The summed E-state index contributed by atoms with van der Waals surface area (Å²) < 4.78 is 0. The van der Waals surface area contributed by atoms with Gasteiger partial charge < -0.3 is 0 Å². The fraction of sp³-hybridized carbons (Fsp3) is 0.250. The third-order valence-corrected chi connectivity index (χ3v) is 2.50. The second kappa shape index (κ2) is 4.76. The standard InChI is InChI=1S/C8H11PS/c9-10-7-6-8-4-2-1-3-5-8/h1-5H,6-7,9H2. The van der Waals surface area contributed by atoms with Crippen molar-refractivity contribution in [2.75, 3.05) is 5.75 Å². The Morgan fingerprint density at radius 1 is 1.20 bits per heavy atom. The number of benzene rings is 1. The van der Waals surface area contributed by atoms with E-state index < -0.39 is 0 Å². The van der Waals surface area contributed by atoms with Crippen molar-refractivity contribution in [1.82, 2.24) is 0 Å². The number of hydrogen-bond donors (Lipinski definition) is 0. The van der Waals surface area contributed by atoms with Crippen molar-refractivity contribution < 1.29 is 0 Å². The quantitative estimate of drug-likeness (QED) is 0.628. The molecule has 0 aliphatic heterocycles. The van der Waals surface area contributed by atoms with Crippen LogP contribution in [0, 0.1) is 0 Å². The van der Waals surface area contributed by atoms with Crippen molar-refractivity contribution in [1.29, 1.82) is 0 Å². The van der Waals surface area contributed by atoms with Crippen LogP contribution in [0.25, 0.3) is 0 Å². The minimum Gasteiger partial charge on any atom is -0.141 e. The van der Waals surface area contributed by atoms with Gasteiger partial charge in [0.05, 0.1) is 0 Å². The fourth-order valence-electron chi connectivity index (χ4n) is 0.821. The Kier molecular flexibility index (Phi) is 3.86. The molecule has 0 fully saturated rings. The van der Waals surface area contributed by atoms with E-state index in [1.54, 1.807) is 0 Å². The zero-order valence-electron chi connectivity index (χ0n) is 5.79. The van der Waals surface area contributed by atoms with Crippen LogP contribution in [0.3, 0.4) is 0 Å². The molecular formula is C8H11PS. The summed E-state index contributed by atoms with van der Waals surface area (Å²) in [6.07, 6.45) is 1.18. The van der Waals surface area contributed by atoms with Crippen molar-refractivity contribution in [2.45, 2.75) is 6.42 Å². The van der Waals surface area contributed by atoms with Crippen molar-refractivity contribution in [3.63, 3.8) is 0 Å². The Bertz CT molecular complexity index is 174. The van der Waals surface area contributed by atoms with Gasteiger partial charge in [-0.15, -0.1) is 11.4 Å². The normalized spacial score (nSPS) is 9.70. The Morgan fingerprint density at radius 2 is 1.90 bits per heavy atom. The number of aryl methyl sites for hydroxylation is 1. The van der Waals surface area contributed by atoms with Crippen LogP contribution in [-0.2, 0) is 6.42 Å². The zero-order valence-corrected chi connectivity index (χ0v) is 7.76. The minimum absolute atomic E-state index is 1.18. The van der Waals surface area contributed by atoms with Gasteiger partial charge in [0, 0.05) is 5.75 Å². The van der Waals surface area contributed by atoms with Crippen LogP contribution in [0.15, 0.2) is 30.3 Å². The van der Waals surface area contributed by atoms with Gasteiger partial charge in [0.25, 0.3) is 0 Å². The highest BCUT2D eigenvalue weighted by Gasteiger charge is 1.87. The molecule has 0 aromatic heterocycles. The fourth-order valence-corrected chi connectivity index (χ4v) is 1.53. The Morgan fingerprint density at radius 3 is 2.50 bits per heavy atom. The third kappa shape index (κ3) is 2.72. The molecule has 0 amide bonds. The smallest absolute Gasteiger partial charge is 0.000956 e. The van der Waals surface area contributed by atoms with Crippen molar-refractivity contribution in [2.24, 2.45) is 0 Å². The molecule has 0 nitrogen and oxygen atoms in total. The molecule has 54 valence electrons. The van der Waals surface area contributed by atoms with Gasteiger partial charge in [0.15, 0.2) is 0 Å². The van der Waals surface area contributed by atoms with Crippen LogP contribution < -0.4 is 0 Å². The lowest BCUT2D eigenvalue weighted by molar-refractivity contribution is 1.16. The molecule has 10 heavy (non-hydrogen) atoms. The van der Waals surface area contributed by atoms with E-state index in [0.717, 1.165) is 0 Å². The Hall–Kier alpha value is 0. The van der Waals surface area contributed by atoms with E-state index in [2.05, 4.69) is 38.8 Å². The SMILES string of the molecule is PSCCc1ccccc1. The molecule has 1 aromatic carbocycles. The van der Waals surface area contributed by atoms with Crippen LogP contribution in [0.2, 0.25) is 0 Å². The molecule has 0 saturated carbocycles. The van der Waals surface area contributed by atoms with E-state index >= 15 is 0 Å². The van der Waals surface area contributed by atoms with E-state index in [1.165, 1.54) is 17.7 Å². The van der Waals surface area contributed by atoms with Crippen LogP contribution >= 0.6 is 19.8 Å². The molecule has 0 heterocycles. The average molecular weight is 170 g/mol. The number of hydrogen-bond acceptors (Lipinski definition) is 1. The molecule has 0 aliphatic rings. The molecule has 1 aromatic rings. The van der Waals surface area contributed by atoms with Crippen LogP contribution in [0.1, 0.15) is 5.56 Å². The summed E-state index contributed by atoms with van der Waals surface area (Å²) in [6, 6.07) is 10.6. The Labute approximate surface area is 68.4 Å². The van der Waals surface area contributed by atoms with E-state index in [9.17, 15) is 0 Å². The van der Waals surface area contributed by atoms with E-state index in [-0.39, 0.29) is 0 Å². The Balaban J connectivity index is 2.43. The van der Waals surface area contributed by atoms with Gasteiger partial charge in [-0.2, -0.15) is 0 Å². The van der Waals surface area contributed by atoms with Crippen molar-refractivity contribution in [3.05, 3.63) is 35.9 Å². The van der Waals surface area contributed by atoms with E-state index in [4.69, 9.17) is 0 Å². The predicted octanol–water partition coefficient (Wildman–Crippen LogP) is 2.75. The zero-order chi connectivity index (χ0) is 7.23. The van der Waals surface area contributed by atoms with Crippen LogP contribution in [0.5, 0.6) is 0 Å². The van der Waals surface area contributed by atoms with Crippen LogP contribution in [0.4, 0.5) is 0 Å². The molecule has 0 aliphatic carbocycles. The highest BCUT2D eigenvalue weighted by Crippen LogP contribution is 2.12. The average Bonchev–Trinajstić information content (AvgIpc) is 2.03. The summed E-state index contributed by atoms with van der Waals surface area (Å²) in [6.45, 7) is 0. The van der Waals surface area contributed by atoms with Gasteiger partial charge >= 0.3 is 0 Å². The van der Waals surface area contributed by atoms with E-state index in [1.807, 2.05) is 11.4 Å². The highest BCUT2D eigenvalue weighted by molar-refractivity contribution is 8.43. The largest absolute Gasteiger partial charge is 0.141 e. The summed E-state index contributed by atoms with van der Waals surface area (Å²) in [4.78, 5) is 0. The molecule has 1 unspecified atom stereocenters. The lowest BCUT2D eigenvalue weighted by atomic mass is 10.2. The molecule has 0 saturated heterocycles. The monoisotopic (exact) mass is 170 g/mol. The maximum absolute atomic E-state index is 2.67. The van der Waals surface area contributed by atoms with Crippen LogP contribution in [-0.4, -0.2) is 5.75 Å². The maximum atomic E-state index is 2.67. The first-order valence-electron chi connectivity index (χ1n) is 3.29. The van der Waals surface area contributed by atoms with Gasteiger partial charge in [0.1, 0.15) is 0 Å². The molecular weight excluding hydrogens is 159 g/mol. The predicted molar refractivity (Wildman–Crippen MR) is 52.3 cm³/mol. The second-order valence-corrected chi connectivity index (χ2v) is 3.85. The first-order chi connectivity index (χ1) is 4.93. The van der Waals surface area contributed by atoms with Gasteiger partial charge in [-0.25, -0.2) is 0 Å². The summed E-state index contributed by atoms with van der Waals surface area (Å²) >= 11 is 1.81. The molecule has 0 N–H and O–H groups in total. The minimum atomic E-state index is 1.18. The summed E-state index contributed by atoms with van der Waals surface area (Å²) in [5.74, 6) is 1.19. The number of rotatable bonds is 3. The molecule has 1 atom stereocenters. The molecule has 1 rings (SSSR count). The van der Waals surface area contributed by atoms with Gasteiger partial charge in [-0.05, 0) is 12.0 Å². The first kappa shape index (κ1) is 8.10. The lowest BCUT2D eigenvalue weighted by Gasteiger charge is -1.96. The van der Waals surface area contributed by atoms with Gasteiger partial charge in [0.2, 0.25) is 0 Å². The van der Waals surface area contributed by atoms with Crippen molar-refractivity contribution >= 4 is 19.8 Å². The van der Waals surface area contributed by atoms with E-state index in [0.29, 0.717) is 0 Å². The molecule has 2 heteroatoms. The second-order valence-electron chi connectivity index (χ2n) is 2.11. The molecule has 0 bridgehead atoms. The van der Waals surface area contributed by atoms with Gasteiger partial charge in [-0.3, -0.25) is 0 Å². The highest BCUT2D eigenvalue weighted by atomic mass is 32.7. The van der Waals surface area contributed by atoms with Crippen molar-refractivity contribution in [3.8, 4) is 0 Å². The first-order valence-corrected chi connectivity index (χ1v) is 5.75. The summed E-state index contributed by atoms with van der Waals surface area (Å²) in [5.41, 5.74) is 1.43. The summed E-state index contributed by atoms with van der Waals surface area (Å²) in [7, 11) is 2.67. The lowest BCUT2D eigenvalue weighted by Crippen LogP contribution is -1.84. The van der Waals surface area contributed by atoms with Gasteiger partial charge in [-0.1, -0.05) is 38.8 Å². The molecule has 0 spiro atoms. The maximum Gasteiger partial charge on any atom is 0.000956 e. The third-order valence-electron chi connectivity index (χ3n) is 1.35. The molecule has 0 radical (unpaired) electrons. The topological polar surface area (TPSA) is 0 Å².